The van der Waals surface area contributed by atoms with Gasteiger partial charge in [-0.3, -0.25) is 14.3 Å². The standard InChI is InChI=1S/C31H37N5O4S/c1-31(2,3)40-30(37)34-24-13-15-25(16-14-24)36(41(38)39)28-18-21-11-12-22(29(32)33)17-27(21)35(28)19-23-9-6-8-20-7-4-5-10-26(20)23/h4-12,17-18,24-25H,13-16,19H2,1-3H3,(H3,32,33)(H,34,37)(H,38,39). The van der Waals surface area contributed by atoms with E-state index in [1.807, 2.05) is 61.7 Å². The fraction of sp³-hybridized carbons (Fsp3) is 0.355. The molecule has 216 valence electrons. The van der Waals surface area contributed by atoms with Gasteiger partial charge in [-0.15, -0.1) is 0 Å². The third-order valence-corrected chi connectivity index (χ3v) is 8.37. The molecule has 0 radical (unpaired) electrons. The number of anilines is 1. The summed E-state index contributed by atoms with van der Waals surface area (Å²) in [4.78, 5) is 12.3. The van der Waals surface area contributed by atoms with Crippen LogP contribution in [0.1, 0.15) is 57.6 Å². The van der Waals surface area contributed by atoms with E-state index < -0.39 is 23.0 Å². The fourth-order valence-electron chi connectivity index (χ4n) is 5.68. The molecule has 9 nitrogen and oxygen atoms in total. The molecule has 1 heterocycles. The van der Waals surface area contributed by atoms with E-state index in [9.17, 15) is 13.6 Å². The monoisotopic (exact) mass is 575 g/mol. The molecular formula is C31H37N5O4S. The van der Waals surface area contributed by atoms with E-state index in [0.29, 0.717) is 43.6 Å². The minimum atomic E-state index is -2.29. The Morgan fingerprint density at radius 1 is 1.07 bits per heavy atom. The maximum Gasteiger partial charge on any atom is 0.407 e. The average molecular weight is 576 g/mol. The highest BCUT2D eigenvalue weighted by Gasteiger charge is 2.33. The minimum absolute atomic E-state index is 0.0373. The second kappa shape index (κ2) is 11.5. The lowest BCUT2D eigenvalue weighted by atomic mass is 9.91. The molecule has 0 spiro atoms. The SMILES string of the molecule is CC(C)(C)OC(=O)NC1CCC(N(c2cc3ccc(C(=N)N)cc3n2Cc2cccc3ccccc23)S(=O)O)CC1. The Hall–Kier alpha value is -3.89. The number of nitrogens with two attached hydrogens (primary N) is 1. The van der Waals surface area contributed by atoms with Crippen molar-refractivity contribution in [1.29, 1.82) is 5.41 Å². The second-order valence-corrected chi connectivity index (χ2v) is 12.5. The molecule has 1 fully saturated rings. The normalized spacial score (nSPS) is 18.2. The third kappa shape index (κ3) is 6.39. The van der Waals surface area contributed by atoms with Crippen LogP contribution in [0.5, 0.6) is 0 Å². The molecular weight excluding hydrogens is 538 g/mol. The van der Waals surface area contributed by atoms with Gasteiger partial charge in [0.25, 0.3) is 11.3 Å². The summed E-state index contributed by atoms with van der Waals surface area (Å²) >= 11 is -2.29. The number of alkyl carbamates (subject to hydrolysis) is 1. The molecule has 10 heteroatoms. The van der Waals surface area contributed by atoms with Crippen molar-refractivity contribution in [1.82, 2.24) is 9.88 Å². The van der Waals surface area contributed by atoms with E-state index in [4.69, 9.17) is 15.9 Å². The first-order valence-corrected chi connectivity index (χ1v) is 14.9. The van der Waals surface area contributed by atoms with Crippen molar-refractivity contribution in [3.8, 4) is 0 Å². The second-order valence-electron chi connectivity index (χ2n) is 11.6. The van der Waals surface area contributed by atoms with Crippen molar-refractivity contribution in [3.63, 3.8) is 0 Å². The van der Waals surface area contributed by atoms with E-state index in [0.717, 1.165) is 27.2 Å². The Bertz CT molecular complexity index is 1610. The number of rotatable bonds is 7. The van der Waals surface area contributed by atoms with E-state index in [2.05, 4.69) is 29.6 Å². The molecule has 1 saturated carbocycles. The molecule has 1 amide bonds. The van der Waals surface area contributed by atoms with Crippen LogP contribution < -0.4 is 15.4 Å². The number of nitrogens with one attached hydrogen (secondary N) is 2. The van der Waals surface area contributed by atoms with Crippen LogP contribution in [0, 0.1) is 5.41 Å². The third-order valence-electron chi connectivity index (χ3n) is 7.55. The molecule has 0 bridgehead atoms. The molecule has 0 saturated heterocycles. The van der Waals surface area contributed by atoms with Gasteiger partial charge >= 0.3 is 6.09 Å². The van der Waals surface area contributed by atoms with E-state index in [-0.39, 0.29) is 17.9 Å². The molecule has 5 rings (SSSR count). The summed E-state index contributed by atoms with van der Waals surface area (Å²) in [5, 5.41) is 14.0. The molecule has 1 unspecified atom stereocenters. The highest BCUT2D eigenvalue weighted by Crippen LogP contribution is 2.35. The van der Waals surface area contributed by atoms with Gasteiger partial charge in [0.1, 0.15) is 17.3 Å². The summed E-state index contributed by atoms with van der Waals surface area (Å²) in [5.74, 6) is 0.586. The molecule has 4 aromatic rings. The van der Waals surface area contributed by atoms with E-state index >= 15 is 0 Å². The molecule has 41 heavy (non-hydrogen) atoms. The Morgan fingerprint density at radius 2 is 1.78 bits per heavy atom. The number of carbonyl (C=O) groups is 1. The maximum atomic E-state index is 13.0. The predicted molar refractivity (Wildman–Crippen MR) is 165 cm³/mol. The van der Waals surface area contributed by atoms with E-state index in [1.54, 1.807) is 10.4 Å². The average Bonchev–Trinajstić information content (AvgIpc) is 3.25. The fourth-order valence-corrected chi connectivity index (χ4v) is 6.46. The highest BCUT2D eigenvalue weighted by atomic mass is 32.2. The first-order chi connectivity index (χ1) is 19.5. The Morgan fingerprint density at radius 3 is 2.46 bits per heavy atom. The minimum Gasteiger partial charge on any atom is -0.444 e. The summed E-state index contributed by atoms with van der Waals surface area (Å²) in [7, 11) is 0. The quantitative estimate of drug-likeness (QED) is 0.124. The summed E-state index contributed by atoms with van der Waals surface area (Å²) < 4.78 is 32.6. The smallest absolute Gasteiger partial charge is 0.407 e. The number of hydrogen-bond donors (Lipinski definition) is 4. The maximum absolute atomic E-state index is 13.0. The Labute approximate surface area is 242 Å². The van der Waals surface area contributed by atoms with Crippen molar-refractivity contribution in [3.05, 3.63) is 77.9 Å². The summed E-state index contributed by atoms with van der Waals surface area (Å²) in [6.45, 7) is 5.95. The van der Waals surface area contributed by atoms with Gasteiger partial charge in [0.2, 0.25) is 0 Å². The zero-order chi connectivity index (χ0) is 29.3. The number of ether oxygens (including phenoxy) is 1. The number of aromatic nitrogens is 1. The number of carbonyl (C=O) groups excluding carboxylic acids is 1. The number of nitrogen functional groups attached to an aromatic ring is 1. The van der Waals surface area contributed by atoms with Crippen LogP contribution in [0.3, 0.4) is 0 Å². The van der Waals surface area contributed by atoms with Crippen molar-refractivity contribution in [2.24, 2.45) is 5.73 Å². The lowest BCUT2D eigenvalue weighted by Gasteiger charge is -2.36. The van der Waals surface area contributed by atoms with Crippen LogP contribution in [0.4, 0.5) is 10.6 Å². The zero-order valence-electron chi connectivity index (χ0n) is 23.6. The zero-order valence-corrected chi connectivity index (χ0v) is 24.4. The van der Waals surface area contributed by atoms with Crippen LogP contribution in [0.15, 0.2) is 66.7 Å². The largest absolute Gasteiger partial charge is 0.444 e. The first-order valence-electron chi connectivity index (χ1n) is 13.8. The van der Waals surface area contributed by atoms with Gasteiger partial charge in [0.15, 0.2) is 0 Å². The highest BCUT2D eigenvalue weighted by molar-refractivity contribution is 7.80. The number of amidine groups is 1. The van der Waals surface area contributed by atoms with E-state index in [1.165, 1.54) is 0 Å². The van der Waals surface area contributed by atoms with Crippen molar-refractivity contribution < 1.29 is 18.3 Å². The number of nitrogens with zero attached hydrogens (tertiary/aromatic N) is 2. The van der Waals surface area contributed by atoms with Gasteiger partial charge in [-0.05, 0) is 74.9 Å². The van der Waals surface area contributed by atoms with Crippen LogP contribution in [-0.4, -0.2) is 42.9 Å². The summed E-state index contributed by atoms with van der Waals surface area (Å²) in [5.41, 5.74) is 7.75. The Kier molecular flexibility index (Phi) is 8.06. The predicted octanol–water partition coefficient (Wildman–Crippen LogP) is 5.91. The van der Waals surface area contributed by atoms with Gasteiger partial charge in [-0.25, -0.2) is 9.00 Å². The lowest BCUT2D eigenvalue weighted by Crippen LogP contribution is -2.46. The van der Waals surface area contributed by atoms with Crippen molar-refractivity contribution >= 4 is 50.7 Å². The van der Waals surface area contributed by atoms with Gasteiger partial charge in [-0.2, -0.15) is 0 Å². The van der Waals surface area contributed by atoms with Crippen LogP contribution in [0.25, 0.3) is 21.7 Å². The van der Waals surface area contributed by atoms with Crippen molar-refractivity contribution in [2.75, 3.05) is 4.31 Å². The van der Waals surface area contributed by atoms with Gasteiger partial charge < -0.3 is 20.4 Å². The van der Waals surface area contributed by atoms with Gasteiger partial charge in [0.05, 0.1) is 12.1 Å². The molecule has 1 aliphatic carbocycles. The number of benzene rings is 3. The molecule has 1 atom stereocenters. The molecule has 0 aliphatic heterocycles. The van der Waals surface area contributed by atoms with Crippen LogP contribution in [-0.2, 0) is 22.5 Å². The van der Waals surface area contributed by atoms with Gasteiger partial charge in [-0.1, -0.05) is 54.6 Å². The lowest BCUT2D eigenvalue weighted by molar-refractivity contribution is 0.0491. The van der Waals surface area contributed by atoms with Crippen LogP contribution in [0.2, 0.25) is 0 Å². The number of amides is 1. The molecule has 3 aromatic carbocycles. The number of fused-ring (bicyclic) bond motifs is 2. The molecule has 5 N–H and O–H groups in total. The Balaban J connectivity index is 1.49. The van der Waals surface area contributed by atoms with Crippen molar-refractivity contribution in [2.45, 2.75) is 70.7 Å². The van der Waals surface area contributed by atoms with Gasteiger partial charge in [0, 0.05) is 23.0 Å². The van der Waals surface area contributed by atoms with Crippen LogP contribution >= 0.6 is 0 Å². The first kappa shape index (κ1) is 28.6. The molecule has 1 aliphatic rings. The topological polar surface area (TPSA) is 134 Å². The number of hydrogen-bond acceptors (Lipinski definition) is 4. The summed E-state index contributed by atoms with van der Waals surface area (Å²) in [6.07, 6.45) is 2.13. The summed E-state index contributed by atoms with van der Waals surface area (Å²) in [6, 6.07) is 21.6. The molecule has 1 aromatic heterocycles.